The molecule has 88 valence electrons. The molecular formula is C9H17N2O4-. The second kappa shape index (κ2) is 5.55. The maximum Gasteiger partial charge on any atom is 0.415 e. The van der Waals surface area contributed by atoms with E-state index in [4.69, 9.17) is 4.74 Å². The molecule has 0 aliphatic rings. The zero-order chi connectivity index (χ0) is 12.1. The minimum atomic E-state index is -1.56. The highest BCUT2D eigenvalue weighted by molar-refractivity contribution is 5.85. The normalized spacial score (nSPS) is 10.9. The minimum Gasteiger partial charge on any atom is -0.529 e. The summed E-state index contributed by atoms with van der Waals surface area (Å²) in [6.07, 6.45) is -2.46. The molecule has 0 bridgehead atoms. The number of nitrogens with zero attached hydrogens (tertiary/aromatic N) is 1. The SMILES string of the molecule is CNCCN(C(=O)[O-])C(=O)OC(C)(C)C. The van der Waals surface area contributed by atoms with E-state index in [0.717, 1.165) is 0 Å². The lowest BCUT2D eigenvalue weighted by Gasteiger charge is -2.27. The van der Waals surface area contributed by atoms with Crippen molar-refractivity contribution in [3.05, 3.63) is 0 Å². The Balaban J connectivity index is 4.36. The molecule has 15 heavy (non-hydrogen) atoms. The van der Waals surface area contributed by atoms with Crippen molar-refractivity contribution in [3.8, 4) is 0 Å². The van der Waals surface area contributed by atoms with Gasteiger partial charge < -0.3 is 20.0 Å². The van der Waals surface area contributed by atoms with Gasteiger partial charge in [0.15, 0.2) is 0 Å². The zero-order valence-corrected chi connectivity index (χ0v) is 9.49. The van der Waals surface area contributed by atoms with E-state index in [1.807, 2.05) is 0 Å². The first-order valence-electron chi connectivity index (χ1n) is 4.64. The average molecular weight is 217 g/mol. The van der Waals surface area contributed by atoms with Crippen molar-refractivity contribution in [2.75, 3.05) is 20.1 Å². The summed E-state index contributed by atoms with van der Waals surface area (Å²) in [5.74, 6) is 0. The Morgan fingerprint density at radius 2 is 1.93 bits per heavy atom. The van der Waals surface area contributed by atoms with Gasteiger partial charge in [-0.15, -0.1) is 0 Å². The number of likely N-dealkylation sites (N-methyl/N-ethyl adjacent to an activating group) is 1. The average Bonchev–Trinajstić information content (AvgIpc) is 2.00. The van der Waals surface area contributed by atoms with Crippen LogP contribution < -0.4 is 10.4 Å². The van der Waals surface area contributed by atoms with Gasteiger partial charge in [-0.05, 0) is 27.8 Å². The van der Waals surface area contributed by atoms with E-state index in [1.165, 1.54) is 0 Å². The lowest BCUT2D eigenvalue weighted by Crippen LogP contribution is -2.49. The highest BCUT2D eigenvalue weighted by atomic mass is 16.6. The van der Waals surface area contributed by atoms with Crippen LogP contribution in [0.15, 0.2) is 0 Å². The number of carbonyl (C=O) groups excluding carboxylic acids is 2. The van der Waals surface area contributed by atoms with Crippen molar-refractivity contribution in [1.29, 1.82) is 0 Å². The first-order valence-corrected chi connectivity index (χ1v) is 4.64. The number of hydrogen-bond donors (Lipinski definition) is 1. The van der Waals surface area contributed by atoms with Crippen LogP contribution in [0.2, 0.25) is 0 Å². The Morgan fingerprint density at radius 1 is 1.40 bits per heavy atom. The summed E-state index contributed by atoms with van der Waals surface area (Å²) < 4.78 is 4.90. The molecule has 0 saturated heterocycles. The molecule has 0 aromatic carbocycles. The van der Waals surface area contributed by atoms with Crippen LogP contribution in [0.25, 0.3) is 0 Å². The van der Waals surface area contributed by atoms with Gasteiger partial charge >= 0.3 is 6.09 Å². The van der Waals surface area contributed by atoms with E-state index in [2.05, 4.69) is 5.32 Å². The van der Waals surface area contributed by atoms with Crippen LogP contribution in [0.5, 0.6) is 0 Å². The molecule has 0 saturated carbocycles. The van der Waals surface area contributed by atoms with Crippen molar-refractivity contribution in [1.82, 2.24) is 10.2 Å². The van der Waals surface area contributed by atoms with Crippen LogP contribution in [0.1, 0.15) is 20.8 Å². The second-order valence-electron chi connectivity index (χ2n) is 4.00. The zero-order valence-electron chi connectivity index (χ0n) is 9.49. The molecule has 0 aliphatic heterocycles. The molecule has 0 fully saturated rings. The molecule has 0 spiro atoms. The maximum absolute atomic E-state index is 11.4. The number of carboxylic acid groups (broad SMARTS) is 1. The smallest absolute Gasteiger partial charge is 0.415 e. The maximum atomic E-state index is 11.4. The van der Waals surface area contributed by atoms with Crippen LogP contribution in [-0.4, -0.2) is 42.8 Å². The Morgan fingerprint density at radius 3 is 2.27 bits per heavy atom. The third-order valence-corrected chi connectivity index (χ3v) is 1.42. The van der Waals surface area contributed by atoms with Gasteiger partial charge in [0, 0.05) is 13.1 Å². The monoisotopic (exact) mass is 217 g/mol. The Kier molecular flexibility index (Phi) is 5.07. The lowest BCUT2D eigenvalue weighted by atomic mass is 10.2. The largest absolute Gasteiger partial charge is 0.529 e. The fourth-order valence-corrected chi connectivity index (χ4v) is 0.798. The van der Waals surface area contributed by atoms with Crippen LogP contribution in [0.3, 0.4) is 0 Å². The minimum absolute atomic E-state index is 0.00769. The molecule has 0 unspecified atom stereocenters. The number of imide groups is 1. The fourth-order valence-electron chi connectivity index (χ4n) is 0.798. The van der Waals surface area contributed by atoms with Gasteiger partial charge in [-0.1, -0.05) is 0 Å². The molecule has 2 amide bonds. The van der Waals surface area contributed by atoms with Gasteiger partial charge in [-0.3, -0.25) is 4.90 Å². The fraction of sp³-hybridized carbons (Fsp3) is 0.778. The Labute approximate surface area is 89.2 Å². The van der Waals surface area contributed by atoms with E-state index in [1.54, 1.807) is 27.8 Å². The third-order valence-electron chi connectivity index (χ3n) is 1.42. The summed E-state index contributed by atoms with van der Waals surface area (Å²) in [7, 11) is 1.66. The molecule has 0 aromatic heterocycles. The van der Waals surface area contributed by atoms with Gasteiger partial charge in [0.2, 0.25) is 0 Å². The van der Waals surface area contributed by atoms with Crippen molar-refractivity contribution < 1.29 is 19.4 Å². The van der Waals surface area contributed by atoms with E-state index < -0.39 is 17.8 Å². The number of ether oxygens (including phenoxy) is 1. The first kappa shape index (κ1) is 13.7. The second-order valence-corrected chi connectivity index (χ2v) is 4.00. The van der Waals surface area contributed by atoms with E-state index in [0.29, 0.717) is 11.4 Å². The van der Waals surface area contributed by atoms with Crippen molar-refractivity contribution in [2.45, 2.75) is 26.4 Å². The van der Waals surface area contributed by atoms with Crippen molar-refractivity contribution >= 4 is 12.2 Å². The molecular weight excluding hydrogens is 200 g/mol. The first-order chi connectivity index (χ1) is 6.78. The number of amides is 2. The number of hydrogen-bond acceptors (Lipinski definition) is 5. The van der Waals surface area contributed by atoms with E-state index in [-0.39, 0.29) is 6.54 Å². The van der Waals surface area contributed by atoms with Gasteiger partial charge in [0.25, 0.3) is 0 Å². The molecule has 0 rings (SSSR count). The third kappa shape index (κ3) is 5.90. The van der Waals surface area contributed by atoms with Crippen molar-refractivity contribution in [2.24, 2.45) is 0 Å². The van der Waals surface area contributed by atoms with E-state index in [9.17, 15) is 14.7 Å². The quantitative estimate of drug-likeness (QED) is 0.707. The summed E-state index contributed by atoms with van der Waals surface area (Å²) in [6.45, 7) is 5.35. The van der Waals surface area contributed by atoms with Crippen molar-refractivity contribution in [3.63, 3.8) is 0 Å². The molecule has 0 radical (unpaired) electrons. The van der Waals surface area contributed by atoms with Gasteiger partial charge in [-0.25, -0.2) is 4.79 Å². The van der Waals surface area contributed by atoms with Crippen LogP contribution in [0.4, 0.5) is 9.59 Å². The predicted molar refractivity (Wildman–Crippen MR) is 52.3 cm³/mol. The number of carbonyl (C=O) groups is 2. The number of rotatable bonds is 3. The summed E-state index contributed by atoms with van der Waals surface area (Å²) in [4.78, 5) is 22.5. The summed E-state index contributed by atoms with van der Waals surface area (Å²) in [5, 5.41) is 13.3. The van der Waals surface area contributed by atoms with Gasteiger partial charge in [0.1, 0.15) is 11.7 Å². The Bertz CT molecular complexity index is 235. The molecule has 1 N–H and O–H groups in total. The summed E-state index contributed by atoms with van der Waals surface area (Å²) >= 11 is 0. The lowest BCUT2D eigenvalue weighted by molar-refractivity contribution is -0.262. The molecule has 0 heterocycles. The molecule has 6 nitrogen and oxygen atoms in total. The summed E-state index contributed by atoms with van der Waals surface area (Å²) in [5.41, 5.74) is -0.718. The standard InChI is InChI=1S/C9H18N2O4/c1-9(2,3)15-8(14)11(7(12)13)6-5-10-4/h10H,5-6H2,1-4H3,(H,12,13)/p-1. The van der Waals surface area contributed by atoms with Crippen LogP contribution in [-0.2, 0) is 4.74 Å². The van der Waals surface area contributed by atoms with E-state index >= 15 is 0 Å². The highest BCUT2D eigenvalue weighted by Crippen LogP contribution is 2.09. The molecule has 0 aromatic rings. The molecule has 0 atom stereocenters. The van der Waals surface area contributed by atoms with Crippen LogP contribution >= 0.6 is 0 Å². The highest BCUT2D eigenvalue weighted by Gasteiger charge is 2.22. The predicted octanol–water partition coefficient (Wildman–Crippen LogP) is -0.214. The van der Waals surface area contributed by atoms with Gasteiger partial charge in [-0.2, -0.15) is 0 Å². The summed E-state index contributed by atoms with van der Waals surface area (Å²) in [6, 6.07) is 0. The van der Waals surface area contributed by atoms with Gasteiger partial charge in [0.05, 0.1) is 0 Å². The molecule has 6 heteroatoms. The van der Waals surface area contributed by atoms with Crippen LogP contribution in [0, 0.1) is 0 Å². The Hall–Kier alpha value is -1.30. The number of nitrogens with one attached hydrogen (secondary N) is 1. The topological polar surface area (TPSA) is 81.7 Å². The molecule has 0 aliphatic carbocycles.